The van der Waals surface area contributed by atoms with Gasteiger partial charge >= 0.3 is 0 Å². The maximum Gasteiger partial charge on any atom is 0.162 e. The average Bonchev–Trinajstić information content (AvgIpc) is 2.19. The fourth-order valence-electron chi connectivity index (χ4n) is 0.773. The summed E-state index contributed by atoms with van der Waals surface area (Å²) in [4.78, 5) is 0. The van der Waals surface area contributed by atoms with Crippen molar-refractivity contribution in [2.45, 2.75) is 5.38 Å². The third-order valence-corrected chi connectivity index (χ3v) is 1.65. The molecule has 0 bridgehead atoms. The van der Waals surface area contributed by atoms with Gasteiger partial charge in [-0.15, -0.1) is 11.6 Å². The maximum atomic E-state index is 12.6. The van der Waals surface area contributed by atoms with E-state index in [1.807, 2.05) is 0 Å². The lowest BCUT2D eigenvalue weighted by Gasteiger charge is -2.05. The van der Waals surface area contributed by atoms with E-state index < -0.39 is 17.0 Å². The SMILES string of the molecule is N#CC(Cl)COc1ccc(F)c(F)c1. The lowest BCUT2D eigenvalue weighted by Crippen LogP contribution is -2.09. The van der Waals surface area contributed by atoms with E-state index in [4.69, 9.17) is 21.6 Å². The van der Waals surface area contributed by atoms with Crippen LogP contribution in [0.2, 0.25) is 0 Å². The first-order chi connectivity index (χ1) is 6.63. The Morgan fingerprint density at radius 2 is 2.14 bits per heavy atom. The van der Waals surface area contributed by atoms with E-state index in [0.29, 0.717) is 0 Å². The van der Waals surface area contributed by atoms with Crippen molar-refractivity contribution in [2.75, 3.05) is 6.61 Å². The molecule has 1 aromatic rings. The normalized spacial score (nSPS) is 11.9. The second kappa shape index (κ2) is 4.77. The van der Waals surface area contributed by atoms with Crippen LogP contribution in [0.15, 0.2) is 18.2 Å². The molecule has 0 saturated heterocycles. The van der Waals surface area contributed by atoms with Crippen LogP contribution in [-0.2, 0) is 0 Å². The molecular weight excluding hydrogens is 212 g/mol. The van der Waals surface area contributed by atoms with Crippen molar-refractivity contribution in [3.05, 3.63) is 29.8 Å². The highest BCUT2D eigenvalue weighted by Crippen LogP contribution is 2.15. The molecule has 0 aliphatic rings. The summed E-state index contributed by atoms with van der Waals surface area (Å²) in [5.41, 5.74) is 0. The minimum Gasteiger partial charge on any atom is -0.491 e. The van der Waals surface area contributed by atoms with Gasteiger partial charge in [0.1, 0.15) is 12.4 Å². The highest BCUT2D eigenvalue weighted by molar-refractivity contribution is 6.22. The minimum absolute atomic E-state index is 0.0663. The molecule has 2 nitrogen and oxygen atoms in total. The van der Waals surface area contributed by atoms with E-state index in [-0.39, 0.29) is 12.4 Å². The van der Waals surface area contributed by atoms with Crippen LogP contribution < -0.4 is 4.74 Å². The Labute approximate surface area is 84.7 Å². The zero-order valence-corrected chi connectivity index (χ0v) is 7.76. The maximum absolute atomic E-state index is 12.6. The van der Waals surface area contributed by atoms with Gasteiger partial charge in [-0.25, -0.2) is 8.78 Å². The predicted octanol–water partition coefficient (Wildman–Crippen LogP) is 2.47. The van der Waals surface area contributed by atoms with E-state index in [1.165, 1.54) is 6.07 Å². The molecule has 1 atom stereocenters. The van der Waals surface area contributed by atoms with E-state index in [0.717, 1.165) is 12.1 Å². The number of halogens is 3. The lowest BCUT2D eigenvalue weighted by molar-refractivity contribution is 0.325. The number of hydrogen-bond donors (Lipinski definition) is 0. The van der Waals surface area contributed by atoms with Crippen LogP contribution in [0, 0.1) is 23.0 Å². The van der Waals surface area contributed by atoms with Gasteiger partial charge < -0.3 is 4.74 Å². The van der Waals surface area contributed by atoms with Gasteiger partial charge in [-0.2, -0.15) is 5.26 Å². The Morgan fingerprint density at radius 1 is 1.43 bits per heavy atom. The molecule has 0 aromatic heterocycles. The molecule has 0 radical (unpaired) electrons. The van der Waals surface area contributed by atoms with Crippen molar-refractivity contribution in [1.82, 2.24) is 0 Å². The Balaban J connectivity index is 2.61. The van der Waals surface area contributed by atoms with Gasteiger partial charge in [0.05, 0.1) is 6.07 Å². The first-order valence-electron chi connectivity index (χ1n) is 3.75. The molecule has 0 N–H and O–H groups in total. The largest absolute Gasteiger partial charge is 0.491 e. The first-order valence-corrected chi connectivity index (χ1v) is 4.18. The number of rotatable bonds is 3. The van der Waals surface area contributed by atoms with Gasteiger partial charge in [-0.05, 0) is 12.1 Å². The van der Waals surface area contributed by atoms with Gasteiger partial charge in [0, 0.05) is 6.07 Å². The minimum atomic E-state index is -0.995. The van der Waals surface area contributed by atoms with Crippen molar-refractivity contribution in [3.63, 3.8) is 0 Å². The molecule has 0 heterocycles. The van der Waals surface area contributed by atoms with Crippen LogP contribution in [0.1, 0.15) is 0 Å². The first kappa shape index (κ1) is 10.7. The van der Waals surface area contributed by atoms with Crippen molar-refractivity contribution < 1.29 is 13.5 Å². The third kappa shape index (κ3) is 2.86. The van der Waals surface area contributed by atoms with Crippen LogP contribution in [-0.4, -0.2) is 12.0 Å². The summed E-state index contributed by atoms with van der Waals surface area (Å²) in [6.07, 6.45) is 0. The van der Waals surface area contributed by atoms with Crippen molar-refractivity contribution in [1.29, 1.82) is 5.26 Å². The fourth-order valence-corrected chi connectivity index (χ4v) is 0.836. The van der Waals surface area contributed by atoms with Crippen LogP contribution in [0.5, 0.6) is 5.75 Å². The average molecular weight is 218 g/mol. The summed E-state index contributed by atoms with van der Waals surface area (Å²) < 4.78 is 30.0. The molecule has 1 unspecified atom stereocenters. The van der Waals surface area contributed by atoms with Crippen molar-refractivity contribution >= 4 is 11.6 Å². The van der Waals surface area contributed by atoms with Crippen LogP contribution >= 0.6 is 11.6 Å². The van der Waals surface area contributed by atoms with Crippen molar-refractivity contribution in [2.24, 2.45) is 0 Å². The summed E-state index contributed by atoms with van der Waals surface area (Å²) in [7, 11) is 0. The molecule has 1 rings (SSSR count). The van der Waals surface area contributed by atoms with Gasteiger partial charge in [0.25, 0.3) is 0 Å². The molecule has 5 heteroatoms. The Morgan fingerprint density at radius 3 is 2.71 bits per heavy atom. The van der Waals surface area contributed by atoms with Gasteiger partial charge in [-0.1, -0.05) is 0 Å². The molecular formula is C9H6ClF2NO. The van der Waals surface area contributed by atoms with Crippen molar-refractivity contribution in [3.8, 4) is 11.8 Å². The Hall–Kier alpha value is -1.34. The number of alkyl halides is 1. The Bertz CT molecular complexity index is 364. The van der Waals surface area contributed by atoms with E-state index in [9.17, 15) is 8.78 Å². The van der Waals surface area contributed by atoms with Crippen LogP contribution in [0.3, 0.4) is 0 Å². The smallest absolute Gasteiger partial charge is 0.162 e. The monoisotopic (exact) mass is 217 g/mol. The van der Waals surface area contributed by atoms with Gasteiger partial charge in [-0.3, -0.25) is 0 Å². The molecule has 0 aliphatic carbocycles. The summed E-state index contributed by atoms with van der Waals surface area (Å²) in [6.45, 7) is -0.0663. The van der Waals surface area contributed by atoms with Crippen LogP contribution in [0.25, 0.3) is 0 Å². The molecule has 0 saturated carbocycles. The van der Waals surface area contributed by atoms with Gasteiger partial charge in [0.15, 0.2) is 17.0 Å². The second-order valence-electron chi connectivity index (χ2n) is 2.48. The predicted molar refractivity (Wildman–Crippen MR) is 47.1 cm³/mol. The molecule has 74 valence electrons. The zero-order valence-electron chi connectivity index (χ0n) is 7.01. The van der Waals surface area contributed by atoms with E-state index in [2.05, 4.69) is 0 Å². The summed E-state index contributed by atoms with van der Waals surface area (Å²) >= 11 is 5.43. The number of hydrogen-bond acceptors (Lipinski definition) is 2. The highest BCUT2D eigenvalue weighted by Gasteiger charge is 2.06. The lowest BCUT2D eigenvalue weighted by atomic mass is 10.3. The topological polar surface area (TPSA) is 33.0 Å². The van der Waals surface area contributed by atoms with Crippen LogP contribution in [0.4, 0.5) is 8.78 Å². The molecule has 14 heavy (non-hydrogen) atoms. The summed E-state index contributed by atoms with van der Waals surface area (Å²) in [5, 5.41) is 7.51. The quantitative estimate of drug-likeness (QED) is 0.729. The summed E-state index contributed by atoms with van der Waals surface area (Å²) in [6, 6.07) is 4.84. The summed E-state index contributed by atoms with van der Waals surface area (Å²) in [5.74, 6) is -1.80. The van der Waals surface area contributed by atoms with E-state index >= 15 is 0 Å². The molecule has 0 amide bonds. The second-order valence-corrected chi connectivity index (χ2v) is 3.01. The number of nitriles is 1. The number of ether oxygens (including phenoxy) is 1. The number of nitrogens with zero attached hydrogens (tertiary/aromatic N) is 1. The van der Waals surface area contributed by atoms with Gasteiger partial charge in [0.2, 0.25) is 0 Å². The molecule has 0 spiro atoms. The fraction of sp³-hybridized carbons (Fsp3) is 0.222. The molecule has 0 fully saturated rings. The standard InChI is InChI=1S/C9H6ClF2NO/c10-6(4-13)5-14-7-1-2-8(11)9(12)3-7/h1-3,6H,5H2. The third-order valence-electron chi connectivity index (χ3n) is 1.43. The zero-order chi connectivity index (χ0) is 10.6. The highest BCUT2D eigenvalue weighted by atomic mass is 35.5. The number of benzene rings is 1. The Kier molecular flexibility index (Phi) is 3.66. The molecule has 1 aromatic carbocycles. The van der Waals surface area contributed by atoms with E-state index in [1.54, 1.807) is 6.07 Å². The molecule has 0 aliphatic heterocycles.